The number of rotatable bonds is 5. The summed E-state index contributed by atoms with van der Waals surface area (Å²) < 4.78 is 43.8. The van der Waals surface area contributed by atoms with Crippen LogP contribution in [-0.2, 0) is 23.1 Å². The summed E-state index contributed by atoms with van der Waals surface area (Å²) in [5, 5.41) is 17.0. The third-order valence-corrected chi connectivity index (χ3v) is 5.14. The lowest BCUT2D eigenvalue weighted by atomic mass is 9.92. The van der Waals surface area contributed by atoms with Gasteiger partial charge in [-0.1, -0.05) is 17.3 Å². The molecule has 3 amide bonds. The Kier molecular flexibility index (Phi) is 5.11. The number of carbonyl (C=O) groups is 2. The highest BCUT2D eigenvalue weighted by atomic mass is 19.4. The van der Waals surface area contributed by atoms with Crippen LogP contribution in [0.3, 0.4) is 0 Å². The fourth-order valence-electron chi connectivity index (χ4n) is 3.36. The number of nitrogens with one attached hydrogen (secondary N) is 1. The molecule has 1 fully saturated rings. The number of imide groups is 1. The standard InChI is InChI=1S/C20H14F3N5O5/c1-19(12-5-7-14(8-6-12)28(31)32)17(29)27(18(30)25-19)10-15-24-16(26-33-15)11-3-2-4-13(9-11)20(21,22)23/h2-9H,10H2,1H3,(H,25,30). The number of benzene rings is 2. The Bertz CT molecular complexity index is 1260. The number of hydrogen-bond donors (Lipinski definition) is 1. The molecule has 0 bridgehead atoms. The molecule has 0 saturated carbocycles. The lowest BCUT2D eigenvalue weighted by Crippen LogP contribution is -2.40. The molecule has 2 aromatic carbocycles. The van der Waals surface area contributed by atoms with E-state index < -0.39 is 40.7 Å². The fourth-order valence-corrected chi connectivity index (χ4v) is 3.36. The average Bonchev–Trinajstić information content (AvgIpc) is 3.32. The van der Waals surface area contributed by atoms with E-state index >= 15 is 0 Å². The zero-order valence-corrected chi connectivity index (χ0v) is 16.8. The van der Waals surface area contributed by atoms with E-state index in [1.54, 1.807) is 0 Å². The van der Waals surface area contributed by atoms with E-state index in [0.717, 1.165) is 17.0 Å². The Labute approximate surface area is 183 Å². The van der Waals surface area contributed by atoms with Crippen molar-refractivity contribution in [3.05, 3.63) is 75.7 Å². The van der Waals surface area contributed by atoms with Gasteiger partial charge in [0.15, 0.2) is 0 Å². The van der Waals surface area contributed by atoms with Crippen LogP contribution in [0, 0.1) is 10.1 Å². The molecule has 13 heteroatoms. The van der Waals surface area contributed by atoms with Crippen LogP contribution in [0.25, 0.3) is 11.4 Å². The lowest BCUT2D eigenvalue weighted by Gasteiger charge is -2.21. The van der Waals surface area contributed by atoms with E-state index in [0.29, 0.717) is 5.56 Å². The normalized spacial score (nSPS) is 18.5. The maximum atomic E-state index is 13.0. The van der Waals surface area contributed by atoms with Gasteiger partial charge in [0.05, 0.1) is 10.5 Å². The van der Waals surface area contributed by atoms with Crippen LogP contribution in [0.15, 0.2) is 53.1 Å². The highest BCUT2D eigenvalue weighted by Gasteiger charge is 2.49. The van der Waals surface area contributed by atoms with Gasteiger partial charge >= 0.3 is 12.2 Å². The van der Waals surface area contributed by atoms with Crippen molar-refractivity contribution >= 4 is 17.6 Å². The first kappa shape index (κ1) is 21.9. The van der Waals surface area contributed by atoms with Gasteiger partial charge in [-0.3, -0.25) is 19.8 Å². The topological polar surface area (TPSA) is 131 Å². The molecular weight excluding hydrogens is 447 g/mol. The number of nitrogens with zero attached hydrogens (tertiary/aromatic N) is 4. The molecule has 3 aromatic rings. The van der Waals surface area contributed by atoms with E-state index in [2.05, 4.69) is 15.5 Å². The van der Waals surface area contributed by atoms with Gasteiger partial charge in [0.2, 0.25) is 11.7 Å². The molecule has 4 rings (SSSR count). The molecular formula is C20H14F3N5O5. The van der Waals surface area contributed by atoms with Crippen LogP contribution in [0.2, 0.25) is 0 Å². The van der Waals surface area contributed by atoms with Crippen LogP contribution in [0.4, 0.5) is 23.7 Å². The zero-order valence-electron chi connectivity index (χ0n) is 16.8. The van der Waals surface area contributed by atoms with Crippen LogP contribution in [-0.4, -0.2) is 31.9 Å². The molecule has 1 aliphatic rings. The van der Waals surface area contributed by atoms with Crippen molar-refractivity contribution in [2.75, 3.05) is 0 Å². The number of carbonyl (C=O) groups excluding carboxylic acids is 2. The molecule has 2 heterocycles. The summed E-state index contributed by atoms with van der Waals surface area (Å²) in [5.74, 6) is -0.972. The molecule has 1 atom stereocenters. The Balaban J connectivity index is 1.55. The maximum absolute atomic E-state index is 13.0. The summed E-state index contributed by atoms with van der Waals surface area (Å²) in [4.78, 5) is 40.5. The monoisotopic (exact) mass is 461 g/mol. The van der Waals surface area contributed by atoms with Crippen LogP contribution >= 0.6 is 0 Å². The summed E-state index contributed by atoms with van der Waals surface area (Å²) in [6.45, 7) is 1.02. The third-order valence-electron chi connectivity index (χ3n) is 5.14. The number of aromatic nitrogens is 2. The van der Waals surface area contributed by atoms with Gasteiger partial charge in [-0.2, -0.15) is 18.2 Å². The quantitative estimate of drug-likeness (QED) is 0.349. The Hall–Kier alpha value is -4.29. The van der Waals surface area contributed by atoms with Crippen molar-refractivity contribution in [3.8, 4) is 11.4 Å². The van der Waals surface area contributed by atoms with E-state index in [1.165, 1.54) is 43.3 Å². The molecule has 10 nitrogen and oxygen atoms in total. The number of urea groups is 1. The summed E-state index contributed by atoms with van der Waals surface area (Å²) in [6, 6.07) is 8.69. The van der Waals surface area contributed by atoms with Crippen LogP contribution in [0.5, 0.6) is 0 Å². The van der Waals surface area contributed by atoms with E-state index in [4.69, 9.17) is 4.52 Å². The zero-order chi connectivity index (χ0) is 24.0. The molecule has 170 valence electrons. The molecule has 1 unspecified atom stereocenters. The molecule has 1 saturated heterocycles. The van der Waals surface area contributed by atoms with Gasteiger partial charge < -0.3 is 9.84 Å². The van der Waals surface area contributed by atoms with Gasteiger partial charge in [-0.25, -0.2) is 4.79 Å². The molecule has 33 heavy (non-hydrogen) atoms. The average molecular weight is 461 g/mol. The SMILES string of the molecule is CC1(c2ccc([N+](=O)[O-])cc2)NC(=O)N(Cc2nc(-c3cccc(C(F)(F)F)c3)no2)C1=O. The van der Waals surface area contributed by atoms with Crippen LogP contribution in [0.1, 0.15) is 23.9 Å². The van der Waals surface area contributed by atoms with Gasteiger partial charge in [0.1, 0.15) is 12.1 Å². The van der Waals surface area contributed by atoms with Gasteiger partial charge in [-0.05, 0) is 36.8 Å². The van der Waals surface area contributed by atoms with Crippen molar-refractivity contribution in [2.45, 2.75) is 25.2 Å². The molecule has 1 aliphatic heterocycles. The minimum Gasteiger partial charge on any atom is -0.337 e. The molecule has 1 aromatic heterocycles. The van der Waals surface area contributed by atoms with Gasteiger partial charge in [0.25, 0.3) is 11.6 Å². The number of nitro groups is 1. The number of non-ortho nitro benzene ring substituents is 1. The predicted octanol–water partition coefficient (Wildman–Crippen LogP) is 3.63. The lowest BCUT2D eigenvalue weighted by molar-refractivity contribution is -0.384. The second-order valence-corrected chi connectivity index (χ2v) is 7.34. The second kappa shape index (κ2) is 7.69. The highest BCUT2D eigenvalue weighted by Crippen LogP contribution is 2.33. The summed E-state index contributed by atoms with van der Waals surface area (Å²) >= 11 is 0. The Morgan fingerprint density at radius 1 is 1.18 bits per heavy atom. The van der Waals surface area contributed by atoms with E-state index in [9.17, 15) is 32.9 Å². The molecule has 0 aliphatic carbocycles. The summed E-state index contributed by atoms with van der Waals surface area (Å²) in [5.41, 5.74) is -2.18. The van der Waals surface area contributed by atoms with Gasteiger partial charge in [0, 0.05) is 17.7 Å². The predicted molar refractivity (Wildman–Crippen MR) is 104 cm³/mol. The molecule has 0 radical (unpaired) electrons. The molecule has 0 spiro atoms. The van der Waals surface area contributed by atoms with Crippen molar-refractivity contribution in [2.24, 2.45) is 0 Å². The molecule has 1 N–H and O–H groups in total. The fraction of sp³-hybridized carbons (Fsp3) is 0.200. The number of amides is 3. The van der Waals surface area contributed by atoms with Gasteiger partial charge in [-0.15, -0.1) is 0 Å². The van der Waals surface area contributed by atoms with Crippen molar-refractivity contribution in [1.29, 1.82) is 0 Å². The largest absolute Gasteiger partial charge is 0.416 e. The minimum absolute atomic E-state index is 0.0488. The summed E-state index contributed by atoms with van der Waals surface area (Å²) in [6.07, 6.45) is -4.55. The smallest absolute Gasteiger partial charge is 0.337 e. The first-order valence-corrected chi connectivity index (χ1v) is 9.38. The minimum atomic E-state index is -4.55. The van der Waals surface area contributed by atoms with Crippen molar-refractivity contribution in [1.82, 2.24) is 20.4 Å². The Morgan fingerprint density at radius 3 is 2.52 bits per heavy atom. The first-order chi connectivity index (χ1) is 15.5. The number of halogens is 3. The second-order valence-electron chi connectivity index (χ2n) is 7.34. The first-order valence-electron chi connectivity index (χ1n) is 9.38. The third kappa shape index (κ3) is 4.00. The number of nitro benzene ring substituents is 1. The highest BCUT2D eigenvalue weighted by molar-refractivity contribution is 6.07. The van der Waals surface area contributed by atoms with E-state index in [1.807, 2.05) is 0 Å². The Morgan fingerprint density at radius 2 is 1.88 bits per heavy atom. The maximum Gasteiger partial charge on any atom is 0.416 e. The van der Waals surface area contributed by atoms with E-state index in [-0.39, 0.29) is 23.0 Å². The van der Waals surface area contributed by atoms with Crippen molar-refractivity contribution < 1.29 is 32.2 Å². The summed E-state index contributed by atoms with van der Waals surface area (Å²) in [7, 11) is 0. The number of hydrogen-bond acceptors (Lipinski definition) is 7. The number of alkyl halides is 3. The van der Waals surface area contributed by atoms with Crippen LogP contribution < -0.4 is 5.32 Å². The van der Waals surface area contributed by atoms with Crippen molar-refractivity contribution in [3.63, 3.8) is 0 Å².